The predicted molar refractivity (Wildman–Crippen MR) is 124 cm³/mol. The normalized spacial score (nSPS) is 22.6. The van der Waals surface area contributed by atoms with Gasteiger partial charge in [-0.25, -0.2) is 0 Å². The zero-order chi connectivity index (χ0) is 26.1. The fourth-order valence-corrected chi connectivity index (χ4v) is 5.58. The number of carbonyl (C=O) groups excluding carboxylic acids is 1. The largest absolute Gasteiger partial charge is 0.416 e. The molecule has 4 rings (SSSR count). The summed E-state index contributed by atoms with van der Waals surface area (Å²) in [5, 5.41) is 12.5. The number of carbonyl (C=O) groups is 1. The fourth-order valence-electron chi connectivity index (χ4n) is 4.78. The Labute approximate surface area is 209 Å². The first-order valence-corrected chi connectivity index (χ1v) is 12.6. The van der Waals surface area contributed by atoms with Crippen LogP contribution in [0, 0.1) is 11.3 Å². The zero-order valence-electron chi connectivity index (χ0n) is 19.4. The predicted octanol–water partition coefficient (Wildman–Crippen LogP) is 5.84. The quantitative estimate of drug-likeness (QED) is 0.449. The number of amidine groups is 1. The molecule has 1 amide bonds. The second-order valence-corrected chi connectivity index (χ2v) is 10.7. The van der Waals surface area contributed by atoms with Crippen LogP contribution in [0.2, 0.25) is 0 Å². The minimum atomic E-state index is -4.89. The summed E-state index contributed by atoms with van der Waals surface area (Å²) in [5.41, 5.74) is -2.94. The highest BCUT2D eigenvalue weighted by atomic mass is 32.2. The van der Waals surface area contributed by atoms with E-state index in [1.165, 1.54) is 0 Å². The number of nitrogens with one attached hydrogen (secondary N) is 1. The molecule has 198 valence electrons. The first-order valence-electron chi connectivity index (χ1n) is 11.8. The smallest absolute Gasteiger partial charge is 0.396 e. The van der Waals surface area contributed by atoms with Gasteiger partial charge in [-0.3, -0.25) is 9.69 Å². The fraction of sp³-hybridized carbons (Fsp3) is 0.583. The maximum absolute atomic E-state index is 13.5. The van der Waals surface area contributed by atoms with Crippen molar-refractivity contribution in [3.63, 3.8) is 0 Å². The molecule has 0 radical (unpaired) electrons. The molecule has 3 aliphatic rings. The number of aliphatic imine (C=N–C) groups is 1. The van der Waals surface area contributed by atoms with Crippen LogP contribution in [0.15, 0.2) is 34.2 Å². The minimum absolute atomic E-state index is 0.0703. The summed E-state index contributed by atoms with van der Waals surface area (Å²) in [6, 6.07) is 1.78. The zero-order valence-corrected chi connectivity index (χ0v) is 20.2. The number of nitrogens with zero attached hydrogens (tertiary/aromatic N) is 2. The molecule has 2 fully saturated rings. The lowest BCUT2D eigenvalue weighted by Gasteiger charge is -2.40. The van der Waals surface area contributed by atoms with Gasteiger partial charge < -0.3 is 10.4 Å². The number of halogens is 6. The van der Waals surface area contributed by atoms with Crippen LogP contribution in [0.3, 0.4) is 0 Å². The molecule has 2 heterocycles. The molecule has 2 N–H and O–H groups in total. The van der Waals surface area contributed by atoms with Crippen molar-refractivity contribution in [2.24, 2.45) is 16.3 Å². The molecule has 36 heavy (non-hydrogen) atoms. The van der Waals surface area contributed by atoms with E-state index in [-0.39, 0.29) is 41.4 Å². The first kappa shape index (κ1) is 27.0. The number of benzene rings is 1. The number of aliphatic hydroxyl groups excluding tert-OH is 1. The topological polar surface area (TPSA) is 64.9 Å². The average Bonchev–Trinajstić information content (AvgIpc) is 3.12. The number of amides is 1. The van der Waals surface area contributed by atoms with Crippen LogP contribution in [0.4, 0.5) is 31.1 Å². The summed E-state index contributed by atoms with van der Waals surface area (Å²) in [4.78, 5) is 18.5. The average molecular weight is 536 g/mol. The third kappa shape index (κ3) is 6.25. The Bertz CT molecular complexity index is 1040. The highest BCUT2D eigenvalue weighted by Gasteiger charge is 2.39. The van der Waals surface area contributed by atoms with Gasteiger partial charge in [-0.05, 0) is 74.1 Å². The summed E-state index contributed by atoms with van der Waals surface area (Å²) in [6.07, 6.45) is -3.62. The lowest BCUT2D eigenvalue weighted by Crippen LogP contribution is -2.44. The second kappa shape index (κ2) is 10.4. The highest BCUT2D eigenvalue weighted by molar-refractivity contribution is 8.18. The highest BCUT2D eigenvalue weighted by Crippen LogP contribution is 2.41. The molecule has 0 unspecified atom stereocenters. The van der Waals surface area contributed by atoms with Crippen molar-refractivity contribution in [2.75, 3.05) is 26.2 Å². The van der Waals surface area contributed by atoms with Crippen molar-refractivity contribution in [3.05, 3.63) is 45.9 Å². The van der Waals surface area contributed by atoms with Crippen LogP contribution in [0.5, 0.6) is 0 Å². The Morgan fingerprint density at radius 1 is 1.14 bits per heavy atom. The summed E-state index contributed by atoms with van der Waals surface area (Å²) in [7, 11) is 0. The third-order valence-electron chi connectivity index (χ3n) is 7.17. The van der Waals surface area contributed by atoms with Gasteiger partial charge in [-0.2, -0.15) is 31.3 Å². The summed E-state index contributed by atoms with van der Waals surface area (Å²) in [6.45, 7) is 1.44. The molecule has 1 saturated carbocycles. The maximum Gasteiger partial charge on any atom is 0.416 e. The number of likely N-dealkylation sites (tertiary alicyclic amines) is 1. The molecule has 2 aliphatic heterocycles. The van der Waals surface area contributed by atoms with Gasteiger partial charge in [0.25, 0.3) is 0 Å². The molecule has 0 atom stereocenters. The molecule has 5 nitrogen and oxygen atoms in total. The van der Waals surface area contributed by atoms with E-state index >= 15 is 0 Å². The van der Waals surface area contributed by atoms with Crippen molar-refractivity contribution in [3.8, 4) is 0 Å². The summed E-state index contributed by atoms with van der Waals surface area (Å²) >= 11 is 1.03. The molecular formula is C24H27F6N3O2S. The Hall–Kier alpha value is -2.05. The number of thioether (sulfide) groups is 1. The molecule has 1 aromatic rings. The molecule has 0 spiro atoms. The maximum atomic E-state index is 13.5. The van der Waals surface area contributed by atoms with Gasteiger partial charge in [-0.15, -0.1) is 0 Å². The number of hydrogen-bond acceptors (Lipinski definition) is 5. The van der Waals surface area contributed by atoms with E-state index in [1.807, 2.05) is 6.08 Å². The van der Waals surface area contributed by atoms with Gasteiger partial charge in [-0.1, -0.05) is 18.6 Å². The Morgan fingerprint density at radius 2 is 1.83 bits per heavy atom. The number of allylic oxidation sites excluding steroid dienone is 1. The van der Waals surface area contributed by atoms with Crippen molar-refractivity contribution < 1.29 is 36.2 Å². The minimum Gasteiger partial charge on any atom is -0.396 e. The van der Waals surface area contributed by atoms with Gasteiger partial charge in [0.15, 0.2) is 0 Å². The standard InChI is InChI=1S/C24H27F6N3O2S/c25-23(26,27)17-3-2-16(18(11-17)24(28,29)30)12-33-8-4-15(5-9-33)10-19-20(32-21(35)36-19)31-13-22(14-34)6-1-7-22/h2-3,10-11,15,34H,1,4-9,12-14H2,(H,31,32,35)/b19-10-. The monoisotopic (exact) mass is 535 g/mol. The number of rotatable bonds is 6. The van der Waals surface area contributed by atoms with Gasteiger partial charge in [0.2, 0.25) is 0 Å². The molecule has 0 aromatic heterocycles. The van der Waals surface area contributed by atoms with E-state index in [0.717, 1.165) is 37.1 Å². The van der Waals surface area contributed by atoms with E-state index in [0.29, 0.717) is 49.3 Å². The van der Waals surface area contributed by atoms with Gasteiger partial charge in [0.1, 0.15) is 5.84 Å². The van der Waals surface area contributed by atoms with Gasteiger partial charge >= 0.3 is 17.6 Å². The Morgan fingerprint density at radius 3 is 2.39 bits per heavy atom. The van der Waals surface area contributed by atoms with Crippen molar-refractivity contribution in [1.82, 2.24) is 10.2 Å². The van der Waals surface area contributed by atoms with E-state index in [1.54, 1.807) is 4.90 Å². The van der Waals surface area contributed by atoms with Crippen LogP contribution in [0.25, 0.3) is 0 Å². The van der Waals surface area contributed by atoms with E-state index in [4.69, 9.17) is 0 Å². The van der Waals surface area contributed by atoms with Crippen molar-refractivity contribution in [1.29, 1.82) is 0 Å². The van der Waals surface area contributed by atoms with E-state index in [2.05, 4.69) is 10.3 Å². The molecule has 0 bridgehead atoms. The van der Waals surface area contributed by atoms with Crippen molar-refractivity contribution in [2.45, 2.75) is 51.0 Å². The molecule has 1 saturated heterocycles. The van der Waals surface area contributed by atoms with Crippen LogP contribution in [0.1, 0.15) is 48.8 Å². The van der Waals surface area contributed by atoms with Gasteiger partial charge in [0.05, 0.1) is 22.6 Å². The number of aliphatic hydroxyl groups is 1. The summed E-state index contributed by atoms with van der Waals surface area (Å²) in [5.74, 6) is 0.582. The molecule has 12 heteroatoms. The molecule has 1 aromatic carbocycles. The Balaban J connectivity index is 1.37. The molecular weight excluding hydrogens is 508 g/mol. The number of piperidine rings is 1. The van der Waals surface area contributed by atoms with Crippen LogP contribution < -0.4 is 5.32 Å². The first-order chi connectivity index (χ1) is 16.9. The lowest BCUT2D eigenvalue weighted by atomic mass is 9.69. The van der Waals surface area contributed by atoms with Crippen LogP contribution in [-0.2, 0) is 18.9 Å². The lowest BCUT2D eigenvalue weighted by molar-refractivity contribution is -0.143. The van der Waals surface area contributed by atoms with E-state index in [9.17, 15) is 36.2 Å². The summed E-state index contributed by atoms with van der Waals surface area (Å²) < 4.78 is 79.2. The SMILES string of the molecule is O=C1N=C(NCC2(CO)CCC2)/C(=C/C2CCN(Cc3ccc(C(F)(F)F)cc3C(F)(F)F)CC2)S1. The third-order valence-corrected chi connectivity index (χ3v) is 7.99. The van der Waals surface area contributed by atoms with Crippen molar-refractivity contribution >= 4 is 22.8 Å². The molecule has 1 aliphatic carbocycles. The Kier molecular flexibility index (Phi) is 7.78. The van der Waals surface area contributed by atoms with Crippen LogP contribution >= 0.6 is 11.8 Å². The van der Waals surface area contributed by atoms with E-state index < -0.39 is 23.5 Å². The second-order valence-electron chi connectivity index (χ2n) is 9.71. The van der Waals surface area contributed by atoms with Gasteiger partial charge in [0, 0.05) is 18.5 Å². The number of alkyl halides is 6. The van der Waals surface area contributed by atoms with Crippen LogP contribution in [-0.4, -0.2) is 47.3 Å². The number of hydrogen-bond donors (Lipinski definition) is 2.